The van der Waals surface area contributed by atoms with Crippen LogP contribution in [0.1, 0.15) is 63.4 Å². The van der Waals surface area contributed by atoms with E-state index >= 15 is 0 Å². The summed E-state index contributed by atoms with van der Waals surface area (Å²) in [6.45, 7) is 3.51. The minimum absolute atomic E-state index is 0.0349. The molecule has 2 N–H and O–H groups in total. The molecule has 1 aliphatic carbocycles. The lowest BCUT2D eigenvalue weighted by molar-refractivity contribution is 0.0134. The van der Waals surface area contributed by atoms with E-state index in [1.54, 1.807) is 29.2 Å². The molecule has 1 saturated carbocycles. The highest BCUT2D eigenvalue weighted by Gasteiger charge is 2.27. The Kier molecular flexibility index (Phi) is 8.98. The number of oxime groups is 1. The van der Waals surface area contributed by atoms with E-state index in [-0.39, 0.29) is 23.9 Å². The maximum atomic E-state index is 14.9. The number of nitrogens with two attached hydrogens (primary N) is 1. The van der Waals surface area contributed by atoms with Crippen molar-refractivity contribution in [1.82, 2.24) is 4.90 Å². The van der Waals surface area contributed by atoms with Gasteiger partial charge in [0.2, 0.25) is 0 Å². The number of anilines is 1. The first-order chi connectivity index (χ1) is 17.9. The molecule has 0 bridgehead atoms. The molecule has 4 rings (SSSR count). The fourth-order valence-corrected chi connectivity index (χ4v) is 4.91. The summed E-state index contributed by atoms with van der Waals surface area (Å²) >= 11 is 0. The van der Waals surface area contributed by atoms with Crippen LogP contribution >= 0.6 is 0 Å². The number of carbonyl (C=O) groups excluding carboxylic acids is 2. The minimum atomic E-state index is -0.578. The number of piperidine rings is 1. The summed E-state index contributed by atoms with van der Waals surface area (Å²) in [6, 6.07) is 13.4. The third kappa shape index (κ3) is 6.99. The smallest absolute Gasteiger partial charge is 0.410 e. The number of carbonyl (C=O) groups is 2. The molecule has 2 aromatic carbocycles. The normalized spacial score (nSPS) is 18.3. The fourth-order valence-electron chi connectivity index (χ4n) is 4.91. The summed E-state index contributed by atoms with van der Waals surface area (Å²) in [4.78, 5) is 32.9. The highest BCUT2D eigenvalue weighted by atomic mass is 19.1. The zero-order valence-corrected chi connectivity index (χ0v) is 21.3. The molecule has 198 valence electrons. The summed E-state index contributed by atoms with van der Waals surface area (Å²) < 4.78 is 20.3. The monoisotopic (exact) mass is 510 g/mol. The number of likely N-dealkylation sites (tertiary alicyclic amines) is 1. The van der Waals surface area contributed by atoms with Crippen molar-refractivity contribution in [3.05, 3.63) is 59.9 Å². The Bertz CT molecular complexity index is 1090. The molecule has 0 unspecified atom stereocenters. The van der Waals surface area contributed by atoms with Crippen LogP contribution in [0, 0.1) is 5.82 Å². The van der Waals surface area contributed by atoms with Crippen LogP contribution in [0.2, 0.25) is 0 Å². The van der Waals surface area contributed by atoms with Crippen LogP contribution in [0.15, 0.2) is 53.7 Å². The summed E-state index contributed by atoms with van der Waals surface area (Å²) in [5.74, 6) is 0.326. The summed E-state index contributed by atoms with van der Waals surface area (Å²) in [5, 5.41) is 4.40. The van der Waals surface area contributed by atoms with Gasteiger partial charge < -0.3 is 20.2 Å². The molecule has 0 spiro atoms. The van der Waals surface area contributed by atoms with Crippen LogP contribution in [0.3, 0.4) is 0 Å². The number of benzene rings is 2. The highest BCUT2D eigenvalue weighted by molar-refractivity contribution is 5.90. The van der Waals surface area contributed by atoms with Gasteiger partial charge in [0.15, 0.2) is 0 Å². The first kappa shape index (κ1) is 26.4. The third-order valence-corrected chi connectivity index (χ3v) is 6.99. The Morgan fingerprint density at radius 2 is 1.78 bits per heavy atom. The lowest BCUT2D eigenvalue weighted by atomic mass is 9.83. The second-order valence-corrected chi connectivity index (χ2v) is 9.60. The lowest BCUT2D eigenvalue weighted by Crippen LogP contribution is -2.42. The standard InChI is InChI=1S/C28H35FN4O4/c1-2-16-33(27(30)34)22-12-13-25(26(29)19-22)20-8-10-21(11-9-20)31-37-24-14-17-32(18-15-24)28(35)36-23-6-4-3-5-7-23/h3-7,12-13,19-20,24H,2,8-11,14-18H2,1H3,(H2,30,34). The van der Waals surface area contributed by atoms with Crippen LogP contribution < -0.4 is 15.4 Å². The van der Waals surface area contributed by atoms with Gasteiger partial charge in [-0.25, -0.2) is 14.0 Å². The molecule has 1 aliphatic heterocycles. The highest BCUT2D eigenvalue weighted by Crippen LogP contribution is 2.35. The number of hydrogen-bond donors (Lipinski definition) is 1. The second-order valence-electron chi connectivity index (χ2n) is 9.60. The Morgan fingerprint density at radius 3 is 2.41 bits per heavy atom. The van der Waals surface area contributed by atoms with Gasteiger partial charge in [-0.1, -0.05) is 36.3 Å². The van der Waals surface area contributed by atoms with E-state index in [9.17, 15) is 14.0 Å². The molecule has 1 heterocycles. The molecule has 8 nitrogen and oxygen atoms in total. The Balaban J connectivity index is 1.23. The maximum Gasteiger partial charge on any atom is 0.415 e. The number of urea groups is 1. The molecule has 37 heavy (non-hydrogen) atoms. The second kappa shape index (κ2) is 12.6. The summed E-state index contributed by atoms with van der Waals surface area (Å²) in [5.41, 5.74) is 7.59. The Hall–Kier alpha value is -3.62. The molecule has 0 radical (unpaired) electrons. The average molecular weight is 511 g/mol. The molecular weight excluding hydrogens is 475 g/mol. The summed E-state index contributed by atoms with van der Waals surface area (Å²) in [7, 11) is 0. The largest absolute Gasteiger partial charge is 0.415 e. The van der Waals surface area contributed by atoms with E-state index < -0.39 is 6.03 Å². The van der Waals surface area contributed by atoms with Crippen molar-refractivity contribution in [2.75, 3.05) is 24.5 Å². The van der Waals surface area contributed by atoms with Crippen molar-refractivity contribution >= 4 is 23.5 Å². The predicted octanol–water partition coefficient (Wildman–Crippen LogP) is 5.81. The first-order valence-electron chi connectivity index (χ1n) is 13.0. The topological polar surface area (TPSA) is 97.5 Å². The zero-order chi connectivity index (χ0) is 26.2. The Labute approximate surface area is 217 Å². The van der Waals surface area contributed by atoms with Gasteiger partial charge in [-0.2, -0.15) is 0 Å². The number of halogens is 1. The SMILES string of the molecule is CCCN(C(N)=O)c1ccc(C2CCC(=NOC3CCN(C(=O)Oc4ccccc4)CC3)CC2)c(F)c1. The quantitative estimate of drug-likeness (QED) is 0.475. The molecule has 9 heteroatoms. The van der Waals surface area contributed by atoms with Crippen LogP contribution in [0.5, 0.6) is 5.75 Å². The van der Waals surface area contributed by atoms with E-state index in [0.29, 0.717) is 49.5 Å². The molecule has 2 aromatic rings. The number of rotatable bonds is 7. The number of nitrogens with zero attached hydrogens (tertiary/aromatic N) is 3. The molecule has 3 amide bonds. The van der Waals surface area contributed by atoms with Gasteiger partial charge in [0.25, 0.3) is 0 Å². The number of amides is 3. The van der Waals surface area contributed by atoms with Crippen molar-refractivity contribution in [3.8, 4) is 5.75 Å². The first-order valence-corrected chi connectivity index (χ1v) is 13.0. The van der Waals surface area contributed by atoms with Gasteiger partial charge in [-0.15, -0.1) is 0 Å². The van der Waals surface area contributed by atoms with E-state index in [0.717, 1.165) is 37.8 Å². The van der Waals surface area contributed by atoms with Crippen molar-refractivity contribution < 1.29 is 23.6 Å². The van der Waals surface area contributed by atoms with E-state index in [2.05, 4.69) is 5.16 Å². The summed E-state index contributed by atoms with van der Waals surface area (Å²) in [6.07, 6.45) is 4.82. The lowest BCUT2D eigenvalue weighted by Gasteiger charge is -2.30. The van der Waals surface area contributed by atoms with Crippen molar-refractivity contribution in [3.63, 3.8) is 0 Å². The van der Waals surface area contributed by atoms with Gasteiger partial charge in [-0.05, 0) is 67.9 Å². The van der Waals surface area contributed by atoms with E-state index in [1.807, 2.05) is 25.1 Å². The van der Waals surface area contributed by atoms with Gasteiger partial charge in [-0.3, -0.25) is 4.90 Å². The average Bonchev–Trinajstić information content (AvgIpc) is 2.91. The zero-order valence-electron chi connectivity index (χ0n) is 21.3. The molecule has 0 atom stereocenters. The van der Waals surface area contributed by atoms with E-state index in [1.165, 1.54) is 11.0 Å². The molecular formula is C28H35FN4O4. The molecule has 0 aromatic heterocycles. The fraction of sp³-hybridized carbons (Fsp3) is 0.464. The van der Waals surface area contributed by atoms with Crippen LogP contribution in [-0.4, -0.2) is 48.5 Å². The Morgan fingerprint density at radius 1 is 1.08 bits per heavy atom. The number of hydrogen-bond acceptors (Lipinski definition) is 5. The minimum Gasteiger partial charge on any atom is -0.410 e. The third-order valence-electron chi connectivity index (χ3n) is 6.99. The van der Waals surface area contributed by atoms with Crippen LogP contribution in [0.25, 0.3) is 0 Å². The van der Waals surface area contributed by atoms with Gasteiger partial charge in [0.1, 0.15) is 17.7 Å². The van der Waals surface area contributed by atoms with Crippen molar-refractivity contribution in [2.24, 2.45) is 10.9 Å². The van der Waals surface area contributed by atoms with Gasteiger partial charge in [0.05, 0.1) is 5.71 Å². The van der Waals surface area contributed by atoms with Gasteiger partial charge >= 0.3 is 12.1 Å². The van der Waals surface area contributed by atoms with Crippen molar-refractivity contribution in [1.29, 1.82) is 0 Å². The maximum absolute atomic E-state index is 14.9. The number of primary amides is 1. The van der Waals surface area contributed by atoms with Gasteiger partial charge in [0, 0.05) is 38.2 Å². The molecule has 2 fully saturated rings. The molecule has 1 saturated heterocycles. The van der Waals surface area contributed by atoms with Crippen LogP contribution in [-0.2, 0) is 4.84 Å². The van der Waals surface area contributed by atoms with Crippen molar-refractivity contribution in [2.45, 2.75) is 63.9 Å². The molecule has 2 aliphatic rings. The predicted molar refractivity (Wildman–Crippen MR) is 140 cm³/mol. The number of para-hydroxylation sites is 1. The van der Waals surface area contributed by atoms with E-state index in [4.69, 9.17) is 15.3 Å². The van der Waals surface area contributed by atoms with Crippen LogP contribution in [0.4, 0.5) is 19.7 Å². The number of ether oxygens (including phenoxy) is 1.